The highest BCUT2D eigenvalue weighted by Crippen LogP contribution is 2.28. The van der Waals surface area contributed by atoms with Gasteiger partial charge in [-0.05, 0) is 43.0 Å². The van der Waals surface area contributed by atoms with E-state index in [1.165, 1.54) is 17.9 Å². The van der Waals surface area contributed by atoms with Crippen LogP contribution in [-0.2, 0) is 6.54 Å². The number of furan rings is 1. The molecule has 90 valence electrons. The molecule has 1 fully saturated rings. The summed E-state index contributed by atoms with van der Waals surface area (Å²) in [5.41, 5.74) is 5.90. The number of hydrogen-bond donors (Lipinski definition) is 1. The zero-order chi connectivity index (χ0) is 11.4. The van der Waals surface area contributed by atoms with E-state index < -0.39 is 0 Å². The molecule has 1 aromatic heterocycles. The van der Waals surface area contributed by atoms with E-state index in [0.29, 0.717) is 6.04 Å². The van der Waals surface area contributed by atoms with Gasteiger partial charge in [-0.2, -0.15) is 11.8 Å². The van der Waals surface area contributed by atoms with Crippen molar-refractivity contribution in [2.45, 2.75) is 19.0 Å². The number of likely N-dealkylation sites (N-methyl/N-ethyl adjacent to an activating group) is 1. The fourth-order valence-corrected chi connectivity index (χ4v) is 3.68. The van der Waals surface area contributed by atoms with E-state index in [2.05, 4.69) is 11.9 Å². The van der Waals surface area contributed by atoms with Crippen LogP contribution in [0.2, 0.25) is 0 Å². The van der Waals surface area contributed by atoms with Crippen molar-refractivity contribution in [3.05, 3.63) is 24.2 Å². The van der Waals surface area contributed by atoms with Gasteiger partial charge < -0.3 is 10.2 Å². The quantitative estimate of drug-likeness (QED) is 0.852. The van der Waals surface area contributed by atoms with E-state index in [0.717, 1.165) is 24.8 Å². The SMILES string of the molecule is CN(Cc1ccco1)C(CN)C1CCSC1. The molecule has 2 heterocycles. The van der Waals surface area contributed by atoms with E-state index in [4.69, 9.17) is 10.2 Å². The minimum absolute atomic E-state index is 0.486. The zero-order valence-electron chi connectivity index (χ0n) is 9.76. The van der Waals surface area contributed by atoms with Gasteiger partial charge in [-0.15, -0.1) is 0 Å². The Morgan fingerprint density at radius 3 is 3.12 bits per heavy atom. The van der Waals surface area contributed by atoms with Gasteiger partial charge in [-0.25, -0.2) is 0 Å². The zero-order valence-corrected chi connectivity index (χ0v) is 10.6. The molecule has 1 aliphatic heterocycles. The fourth-order valence-electron chi connectivity index (χ4n) is 2.35. The first-order valence-electron chi connectivity index (χ1n) is 5.81. The molecule has 2 rings (SSSR count). The minimum Gasteiger partial charge on any atom is -0.468 e. The van der Waals surface area contributed by atoms with E-state index in [1.807, 2.05) is 23.9 Å². The third-order valence-electron chi connectivity index (χ3n) is 3.30. The average molecular weight is 240 g/mol. The van der Waals surface area contributed by atoms with Crippen molar-refractivity contribution in [2.75, 3.05) is 25.1 Å². The Balaban J connectivity index is 1.92. The van der Waals surface area contributed by atoms with Crippen LogP contribution in [0.25, 0.3) is 0 Å². The Labute approximate surface area is 101 Å². The van der Waals surface area contributed by atoms with E-state index in [9.17, 15) is 0 Å². The van der Waals surface area contributed by atoms with Crippen molar-refractivity contribution in [3.8, 4) is 0 Å². The van der Waals surface area contributed by atoms with E-state index in [-0.39, 0.29) is 0 Å². The van der Waals surface area contributed by atoms with Crippen LogP contribution in [0.3, 0.4) is 0 Å². The fraction of sp³-hybridized carbons (Fsp3) is 0.667. The first-order chi connectivity index (χ1) is 7.81. The predicted octanol–water partition coefficient (Wildman–Crippen LogP) is 1.79. The molecular formula is C12H20N2OS. The van der Waals surface area contributed by atoms with Gasteiger partial charge in [0.2, 0.25) is 0 Å². The van der Waals surface area contributed by atoms with Crippen LogP contribution in [0.4, 0.5) is 0 Å². The Kier molecular flexibility index (Phi) is 4.32. The van der Waals surface area contributed by atoms with Gasteiger partial charge in [-0.1, -0.05) is 0 Å². The van der Waals surface area contributed by atoms with Crippen LogP contribution in [0, 0.1) is 5.92 Å². The van der Waals surface area contributed by atoms with Crippen molar-refractivity contribution in [1.82, 2.24) is 4.90 Å². The summed E-state index contributed by atoms with van der Waals surface area (Å²) in [5.74, 6) is 4.31. The predicted molar refractivity (Wildman–Crippen MR) is 68.4 cm³/mol. The maximum atomic E-state index is 5.90. The van der Waals surface area contributed by atoms with Gasteiger partial charge in [0.1, 0.15) is 5.76 Å². The molecule has 0 bridgehead atoms. The second kappa shape index (κ2) is 5.75. The second-order valence-electron chi connectivity index (χ2n) is 4.42. The van der Waals surface area contributed by atoms with Crippen LogP contribution in [-0.4, -0.2) is 36.0 Å². The maximum absolute atomic E-state index is 5.90. The lowest BCUT2D eigenvalue weighted by Gasteiger charge is -2.30. The highest BCUT2D eigenvalue weighted by atomic mass is 32.2. The topological polar surface area (TPSA) is 42.4 Å². The van der Waals surface area contributed by atoms with Gasteiger partial charge in [-0.3, -0.25) is 4.90 Å². The second-order valence-corrected chi connectivity index (χ2v) is 5.57. The molecule has 0 spiro atoms. The third kappa shape index (κ3) is 2.81. The van der Waals surface area contributed by atoms with Crippen molar-refractivity contribution < 1.29 is 4.42 Å². The molecule has 2 atom stereocenters. The Bertz CT molecular complexity index is 296. The summed E-state index contributed by atoms with van der Waals surface area (Å²) in [5, 5.41) is 0. The average Bonchev–Trinajstić information content (AvgIpc) is 2.91. The molecular weight excluding hydrogens is 220 g/mol. The molecule has 4 heteroatoms. The molecule has 0 aliphatic carbocycles. The normalized spacial score (nSPS) is 22.8. The van der Waals surface area contributed by atoms with Crippen LogP contribution in [0.1, 0.15) is 12.2 Å². The molecule has 2 unspecified atom stereocenters. The van der Waals surface area contributed by atoms with Gasteiger partial charge in [0.05, 0.1) is 12.8 Å². The van der Waals surface area contributed by atoms with E-state index >= 15 is 0 Å². The number of nitrogens with two attached hydrogens (primary N) is 1. The monoisotopic (exact) mass is 240 g/mol. The maximum Gasteiger partial charge on any atom is 0.117 e. The molecule has 1 saturated heterocycles. The van der Waals surface area contributed by atoms with Gasteiger partial charge >= 0.3 is 0 Å². The third-order valence-corrected chi connectivity index (χ3v) is 4.49. The van der Waals surface area contributed by atoms with Crippen LogP contribution < -0.4 is 5.73 Å². The molecule has 2 N–H and O–H groups in total. The lowest BCUT2D eigenvalue weighted by molar-refractivity contribution is 0.172. The lowest BCUT2D eigenvalue weighted by atomic mass is 9.98. The molecule has 0 amide bonds. The lowest BCUT2D eigenvalue weighted by Crippen LogP contribution is -2.43. The first-order valence-corrected chi connectivity index (χ1v) is 6.97. The number of thioether (sulfide) groups is 1. The highest BCUT2D eigenvalue weighted by molar-refractivity contribution is 7.99. The summed E-state index contributed by atoms with van der Waals surface area (Å²) in [4.78, 5) is 2.33. The Morgan fingerprint density at radius 1 is 1.69 bits per heavy atom. The smallest absolute Gasteiger partial charge is 0.117 e. The van der Waals surface area contributed by atoms with Crippen molar-refractivity contribution in [1.29, 1.82) is 0 Å². The molecule has 0 radical (unpaired) electrons. The standard InChI is InChI=1S/C12H20N2OS/c1-14(8-11-3-2-5-15-11)12(7-13)10-4-6-16-9-10/h2-3,5,10,12H,4,6-9,13H2,1H3. The Morgan fingerprint density at radius 2 is 2.56 bits per heavy atom. The molecule has 1 aromatic rings. The molecule has 0 saturated carbocycles. The molecule has 1 aliphatic rings. The minimum atomic E-state index is 0.486. The van der Waals surface area contributed by atoms with Crippen molar-refractivity contribution >= 4 is 11.8 Å². The summed E-state index contributed by atoms with van der Waals surface area (Å²) < 4.78 is 5.37. The summed E-state index contributed by atoms with van der Waals surface area (Å²) in [7, 11) is 2.14. The molecule has 16 heavy (non-hydrogen) atoms. The summed E-state index contributed by atoms with van der Waals surface area (Å²) in [6, 6.07) is 4.44. The number of rotatable bonds is 5. The summed E-state index contributed by atoms with van der Waals surface area (Å²) in [6.07, 6.45) is 3.03. The summed E-state index contributed by atoms with van der Waals surface area (Å²) in [6.45, 7) is 1.60. The summed E-state index contributed by atoms with van der Waals surface area (Å²) >= 11 is 2.05. The van der Waals surface area contributed by atoms with Gasteiger partial charge in [0.15, 0.2) is 0 Å². The van der Waals surface area contributed by atoms with Gasteiger partial charge in [0, 0.05) is 12.6 Å². The van der Waals surface area contributed by atoms with Crippen molar-refractivity contribution in [2.24, 2.45) is 11.7 Å². The largest absolute Gasteiger partial charge is 0.468 e. The van der Waals surface area contributed by atoms with Crippen molar-refractivity contribution in [3.63, 3.8) is 0 Å². The van der Waals surface area contributed by atoms with Gasteiger partial charge in [0.25, 0.3) is 0 Å². The Hall–Kier alpha value is -0.450. The number of hydrogen-bond acceptors (Lipinski definition) is 4. The number of nitrogens with zero attached hydrogens (tertiary/aromatic N) is 1. The molecule has 0 aromatic carbocycles. The van der Waals surface area contributed by atoms with Crippen LogP contribution in [0.15, 0.2) is 22.8 Å². The van der Waals surface area contributed by atoms with Crippen LogP contribution in [0.5, 0.6) is 0 Å². The highest BCUT2D eigenvalue weighted by Gasteiger charge is 2.27. The molecule has 3 nitrogen and oxygen atoms in total. The van der Waals surface area contributed by atoms with E-state index in [1.54, 1.807) is 6.26 Å². The first kappa shape index (κ1) is 12.0. The van der Waals surface area contributed by atoms with Crippen LogP contribution >= 0.6 is 11.8 Å².